The van der Waals surface area contributed by atoms with E-state index in [1.165, 1.54) is 12.5 Å². The number of nitrogens with one attached hydrogen (secondary N) is 1. The molecule has 0 bridgehead atoms. The largest absolute Gasteiger partial charge is 0.482 e. The smallest absolute Gasteiger partial charge is 0.344 e. The van der Waals surface area contributed by atoms with Gasteiger partial charge in [0, 0.05) is 0 Å². The van der Waals surface area contributed by atoms with Crippen molar-refractivity contribution in [1.82, 2.24) is 5.32 Å². The molecule has 0 aliphatic carbocycles. The van der Waals surface area contributed by atoms with Crippen LogP contribution in [0, 0.1) is 0 Å². The van der Waals surface area contributed by atoms with Gasteiger partial charge < -0.3 is 14.8 Å². The molecule has 0 aliphatic heterocycles. The van der Waals surface area contributed by atoms with Crippen LogP contribution in [0.15, 0.2) is 54.6 Å². The molecule has 6 nitrogen and oxygen atoms in total. The van der Waals surface area contributed by atoms with Gasteiger partial charge in [-0.3, -0.25) is 9.59 Å². The molecule has 29 heavy (non-hydrogen) atoms. The van der Waals surface area contributed by atoms with Crippen LogP contribution in [-0.4, -0.2) is 36.9 Å². The molecule has 2 aromatic carbocycles. The molecule has 2 aromatic rings. The summed E-state index contributed by atoms with van der Waals surface area (Å²) in [6.07, 6.45) is 0.380. The highest BCUT2D eigenvalue weighted by atomic mass is 16.6. The molecule has 6 heteroatoms. The second-order valence-corrected chi connectivity index (χ2v) is 7.09. The maximum Gasteiger partial charge on any atom is 0.344 e. The minimum Gasteiger partial charge on any atom is -0.482 e. The molecule has 0 heterocycles. The number of esters is 1. The number of ketones is 1. The number of carbonyl (C=O) groups is 3. The van der Waals surface area contributed by atoms with E-state index in [1.807, 2.05) is 42.5 Å². The Bertz CT molecular complexity index is 815. The molecule has 2 rings (SSSR count). The van der Waals surface area contributed by atoms with Gasteiger partial charge in [0.15, 0.2) is 19.0 Å². The van der Waals surface area contributed by atoms with Crippen LogP contribution in [0.3, 0.4) is 0 Å². The Labute approximate surface area is 171 Å². The molecule has 0 saturated carbocycles. The van der Waals surface area contributed by atoms with Crippen LogP contribution >= 0.6 is 0 Å². The van der Waals surface area contributed by atoms with E-state index in [4.69, 9.17) is 9.47 Å². The van der Waals surface area contributed by atoms with Crippen molar-refractivity contribution >= 4 is 17.7 Å². The van der Waals surface area contributed by atoms with Gasteiger partial charge >= 0.3 is 5.97 Å². The Kier molecular flexibility index (Phi) is 8.40. The van der Waals surface area contributed by atoms with Crippen molar-refractivity contribution in [3.63, 3.8) is 0 Å². The Morgan fingerprint density at radius 3 is 2.17 bits per heavy atom. The Hall–Kier alpha value is -3.15. The van der Waals surface area contributed by atoms with Crippen molar-refractivity contribution in [3.8, 4) is 5.75 Å². The maximum absolute atomic E-state index is 12.0. The molecule has 0 unspecified atom stereocenters. The molecule has 0 radical (unpaired) electrons. The standard InChI is InChI=1S/C23H27NO5/c1-16(2)19-9-11-20(12-10-19)28-15-23(27)29-14-22(26)24-21(17(3)25)13-18-7-5-4-6-8-18/h4-12,16,21H,13-15H2,1-3H3,(H,24,26)/t21-/m0/s1. The van der Waals surface area contributed by atoms with Gasteiger partial charge in [-0.25, -0.2) is 4.79 Å². The summed E-state index contributed by atoms with van der Waals surface area (Å²) in [6.45, 7) is 4.84. The minimum atomic E-state index is -0.667. The lowest BCUT2D eigenvalue weighted by molar-refractivity contribution is -0.150. The molecule has 1 atom stereocenters. The van der Waals surface area contributed by atoms with Gasteiger partial charge in [-0.1, -0.05) is 56.3 Å². The van der Waals surface area contributed by atoms with Gasteiger partial charge in [0.05, 0.1) is 6.04 Å². The summed E-state index contributed by atoms with van der Waals surface area (Å²) in [5, 5.41) is 2.60. The number of benzene rings is 2. The van der Waals surface area contributed by atoms with E-state index in [0.717, 1.165) is 5.56 Å². The fraction of sp³-hybridized carbons (Fsp3) is 0.348. The van der Waals surface area contributed by atoms with Crippen LogP contribution < -0.4 is 10.1 Å². The molecule has 0 spiro atoms. The van der Waals surface area contributed by atoms with E-state index in [2.05, 4.69) is 19.2 Å². The molecule has 0 saturated heterocycles. The lowest BCUT2D eigenvalue weighted by atomic mass is 10.0. The quantitative estimate of drug-likeness (QED) is 0.623. The Balaban J connectivity index is 1.75. The van der Waals surface area contributed by atoms with Crippen LogP contribution in [0.2, 0.25) is 0 Å². The molecule has 1 N–H and O–H groups in total. The second-order valence-electron chi connectivity index (χ2n) is 7.09. The van der Waals surface area contributed by atoms with Crippen LogP contribution in [-0.2, 0) is 25.5 Å². The summed E-state index contributed by atoms with van der Waals surface area (Å²) < 4.78 is 10.3. The zero-order chi connectivity index (χ0) is 21.2. The number of hydrogen-bond donors (Lipinski definition) is 1. The zero-order valence-electron chi connectivity index (χ0n) is 17.0. The van der Waals surface area contributed by atoms with Gasteiger partial charge in [-0.15, -0.1) is 0 Å². The van der Waals surface area contributed by atoms with E-state index in [9.17, 15) is 14.4 Å². The second kappa shape index (κ2) is 11.0. The maximum atomic E-state index is 12.0. The lowest BCUT2D eigenvalue weighted by Crippen LogP contribution is -2.43. The van der Waals surface area contributed by atoms with E-state index < -0.39 is 24.5 Å². The minimum absolute atomic E-state index is 0.165. The van der Waals surface area contributed by atoms with Crippen LogP contribution in [0.25, 0.3) is 0 Å². The third-order valence-electron chi connectivity index (χ3n) is 4.38. The highest BCUT2D eigenvalue weighted by Gasteiger charge is 2.18. The van der Waals surface area contributed by atoms with E-state index >= 15 is 0 Å². The van der Waals surface area contributed by atoms with E-state index in [0.29, 0.717) is 18.1 Å². The predicted octanol–water partition coefficient (Wildman–Crippen LogP) is 3.05. The third-order valence-corrected chi connectivity index (χ3v) is 4.38. The monoisotopic (exact) mass is 397 g/mol. The average molecular weight is 397 g/mol. The average Bonchev–Trinajstić information content (AvgIpc) is 2.71. The first-order chi connectivity index (χ1) is 13.8. The molecule has 0 aliphatic rings. The van der Waals surface area contributed by atoms with Crippen molar-refractivity contribution < 1.29 is 23.9 Å². The molecule has 0 aromatic heterocycles. The summed E-state index contributed by atoms with van der Waals surface area (Å²) in [7, 11) is 0. The van der Waals surface area contributed by atoms with Crippen molar-refractivity contribution in [2.24, 2.45) is 0 Å². The first kappa shape index (κ1) is 22.1. The predicted molar refractivity (Wildman–Crippen MR) is 110 cm³/mol. The van der Waals surface area contributed by atoms with Gasteiger partial charge in [0.25, 0.3) is 5.91 Å². The van der Waals surface area contributed by atoms with Crippen molar-refractivity contribution in [2.75, 3.05) is 13.2 Å². The Morgan fingerprint density at radius 1 is 0.931 bits per heavy atom. The highest BCUT2D eigenvalue weighted by Crippen LogP contribution is 2.18. The molecular weight excluding hydrogens is 370 g/mol. The number of rotatable bonds is 10. The van der Waals surface area contributed by atoms with Gasteiger partial charge in [0.2, 0.25) is 0 Å². The zero-order valence-corrected chi connectivity index (χ0v) is 17.0. The lowest BCUT2D eigenvalue weighted by Gasteiger charge is -2.16. The number of amides is 1. The summed E-state index contributed by atoms with van der Waals surface area (Å²) in [5.74, 6) is -0.392. The molecule has 1 amide bonds. The fourth-order valence-electron chi connectivity index (χ4n) is 2.66. The molecule has 0 fully saturated rings. The van der Waals surface area contributed by atoms with Crippen molar-refractivity contribution in [2.45, 2.75) is 39.2 Å². The molecular formula is C23H27NO5. The summed E-state index contributed by atoms with van der Waals surface area (Å²) in [6, 6.07) is 16.2. The van der Waals surface area contributed by atoms with Crippen molar-refractivity contribution in [3.05, 3.63) is 65.7 Å². The fourth-order valence-corrected chi connectivity index (χ4v) is 2.66. The number of carbonyl (C=O) groups excluding carboxylic acids is 3. The topological polar surface area (TPSA) is 81.7 Å². The summed E-state index contributed by atoms with van der Waals surface area (Å²) in [5.41, 5.74) is 2.11. The Morgan fingerprint density at radius 2 is 1.59 bits per heavy atom. The SMILES string of the molecule is CC(=O)[C@H](Cc1ccccc1)NC(=O)COC(=O)COc1ccc(C(C)C)cc1. The van der Waals surface area contributed by atoms with E-state index in [1.54, 1.807) is 12.1 Å². The first-order valence-corrected chi connectivity index (χ1v) is 9.57. The summed E-state index contributed by atoms with van der Waals surface area (Å²) in [4.78, 5) is 35.7. The van der Waals surface area contributed by atoms with Crippen LogP contribution in [0.4, 0.5) is 0 Å². The normalized spacial score (nSPS) is 11.6. The number of Topliss-reactive ketones (excluding diaryl/α,β-unsaturated/α-hetero) is 1. The van der Waals surface area contributed by atoms with Gasteiger partial charge in [0.1, 0.15) is 5.75 Å². The number of hydrogen-bond acceptors (Lipinski definition) is 5. The molecule has 154 valence electrons. The number of ether oxygens (including phenoxy) is 2. The highest BCUT2D eigenvalue weighted by molar-refractivity contribution is 5.88. The third kappa shape index (κ3) is 7.78. The van der Waals surface area contributed by atoms with Gasteiger partial charge in [-0.2, -0.15) is 0 Å². The van der Waals surface area contributed by atoms with Crippen LogP contribution in [0.5, 0.6) is 5.75 Å². The first-order valence-electron chi connectivity index (χ1n) is 9.57. The van der Waals surface area contributed by atoms with Gasteiger partial charge in [-0.05, 0) is 42.5 Å². The summed E-state index contributed by atoms with van der Waals surface area (Å²) >= 11 is 0. The van der Waals surface area contributed by atoms with Crippen LogP contribution in [0.1, 0.15) is 37.8 Å². The van der Waals surface area contributed by atoms with E-state index in [-0.39, 0.29) is 12.4 Å². The van der Waals surface area contributed by atoms with Crippen molar-refractivity contribution in [1.29, 1.82) is 0 Å².